The number of hydrogen-bond donors (Lipinski definition) is 0. The third-order valence-electron chi connectivity index (χ3n) is 4.82. The zero-order valence-electron chi connectivity index (χ0n) is 13.7. The highest BCUT2D eigenvalue weighted by Crippen LogP contribution is 2.29. The predicted molar refractivity (Wildman–Crippen MR) is 92.6 cm³/mol. The van der Waals surface area contributed by atoms with Crippen LogP contribution in [-0.4, -0.2) is 6.61 Å². The number of nitrogens with zero attached hydrogens (tertiary/aromatic N) is 1. The van der Waals surface area contributed by atoms with Gasteiger partial charge in [0.2, 0.25) is 0 Å². The molecule has 118 valence electrons. The Morgan fingerprint density at radius 3 is 2.65 bits per heavy atom. The minimum atomic E-state index is -0.442. The molecular formula is C21H23NO. The molecule has 2 heteroatoms. The summed E-state index contributed by atoms with van der Waals surface area (Å²) in [7, 11) is 0. The molecule has 1 aliphatic rings. The van der Waals surface area contributed by atoms with E-state index in [1.165, 1.54) is 30.4 Å². The molecule has 0 aromatic heterocycles. The van der Waals surface area contributed by atoms with Gasteiger partial charge >= 0.3 is 0 Å². The van der Waals surface area contributed by atoms with Crippen molar-refractivity contribution in [2.75, 3.05) is 6.61 Å². The summed E-state index contributed by atoms with van der Waals surface area (Å²) < 4.78 is 5.90. The molecule has 0 fully saturated rings. The molecule has 2 aromatic carbocycles. The number of nitriles is 1. The molecular weight excluding hydrogens is 282 g/mol. The number of fused-ring (bicyclic) bond motifs is 1. The van der Waals surface area contributed by atoms with Gasteiger partial charge in [0.05, 0.1) is 18.1 Å². The summed E-state index contributed by atoms with van der Waals surface area (Å²) in [6.07, 6.45) is 5.31. The van der Waals surface area contributed by atoms with Crippen molar-refractivity contribution in [2.45, 2.75) is 44.4 Å². The van der Waals surface area contributed by atoms with E-state index in [-0.39, 0.29) is 0 Å². The van der Waals surface area contributed by atoms with Crippen LogP contribution in [0.1, 0.15) is 42.9 Å². The molecule has 0 saturated heterocycles. The molecule has 1 atom stereocenters. The maximum Gasteiger partial charge on any atom is 0.119 e. The molecule has 3 rings (SSSR count). The van der Waals surface area contributed by atoms with Crippen LogP contribution in [0.4, 0.5) is 0 Å². The van der Waals surface area contributed by atoms with Crippen LogP contribution in [0.3, 0.4) is 0 Å². The predicted octanol–water partition coefficient (Wildman–Crippen LogP) is 4.82. The van der Waals surface area contributed by atoms with Crippen LogP contribution in [-0.2, 0) is 18.3 Å². The van der Waals surface area contributed by atoms with Crippen LogP contribution in [0, 0.1) is 11.3 Å². The zero-order chi connectivity index (χ0) is 16.1. The molecule has 23 heavy (non-hydrogen) atoms. The molecule has 0 radical (unpaired) electrons. The smallest absolute Gasteiger partial charge is 0.119 e. The van der Waals surface area contributed by atoms with Gasteiger partial charge in [-0.15, -0.1) is 0 Å². The van der Waals surface area contributed by atoms with Gasteiger partial charge in [-0.25, -0.2) is 0 Å². The maximum absolute atomic E-state index is 9.57. The van der Waals surface area contributed by atoms with E-state index >= 15 is 0 Å². The Bertz CT molecular complexity index is 702. The van der Waals surface area contributed by atoms with Crippen LogP contribution < -0.4 is 4.74 Å². The number of rotatable bonds is 6. The Balaban J connectivity index is 1.54. The van der Waals surface area contributed by atoms with E-state index in [4.69, 9.17) is 4.74 Å². The second kappa shape index (κ2) is 6.87. The molecule has 0 aliphatic heterocycles. The van der Waals surface area contributed by atoms with Crippen molar-refractivity contribution in [1.29, 1.82) is 5.26 Å². The first-order chi connectivity index (χ1) is 11.2. The van der Waals surface area contributed by atoms with Crippen molar-refractivity contribution in [1.82, 2.24) is 0 Å². The summed E-state index contributed by atoms with van der Waals surface area (Å²) in [5.74, 6) is 0.962. The summed E-state index contributed by atoms with van der Waals surface area (Å²) in [4.78, 5) is 0. The van der Waals surface area contributed by atoms with Gasteiger partial charge in [-0.1, -0.05) is 36.4 Å². The van der Waals surface area contributed by atoms with E-state index in [0.29, 0.717) is 6.61 Å². The van der Waals surface area contributed by atoms with Crippen molar-refractivity contribution in [3.63, 3.8) is 0 Å². The van der Waals surface area contributed by atoms with Crippen LogP contribution in [0.15, 0.2) is 48.5 Å². The minimum Gasteiger partial charge on any atom is -0.494 e. The summed E-state index contributed by atoms with van der Waals surface area (Å²) in [6, 6.07) is 19.0. The molecule has 1 aliphatic carbocycles. The second-order valence-electron chi connectivity index (χ2n) is 6.55. The molecule has 2 nitrogen and oxygen atoms in total. The molecule has 0 bridgehead atoms. The number of aryl methyl sites for hydroxylation is 2. The Hall–Kier alpha value is -2.27. The van der Waals surface area contributed by atoms with Gasteiger partial charge in [0, 0.05) is 0 Å². The van der Waals surface area contributed by atoms with E-state index < -0.39 is 5.41 Å². The summed E-state index contributed by atoms with van der Waals surface area (Å²) in [5.41, 5.74) is 3.55. The van der Waals surface area contributed by atoms with Crippen molar-refractivity contribution in [3.05, 3.63) is 65.2 Å². The summed E-state index contributed by atoms with van der Waals surface area (Å²) in [6.45, 7) is 2.67. The van der Waals surface area contributed by atoms with Crippen LogP contribution in [0.2, 0.25) is 0 Å². The van der Waals surface area contributed by atoms with E-state index in [9.17, 15) is 5.26 Å². The molecule has 0 saturated carbocycles. The SMILES string of the molecule is CC(C#N)(CCCOc1ccc2c(c1)CCC2)c1ccccc1. The lowest BCUT2D eigenvalue weighted by Crippen LogP contribution is -2.20. The molecule has 0 N–H and O–H groups in total. The lowest BCUT2D eigenvalue weighted by atomic mass is 9.80. The summed E-state index contributed by atoms with van der Waals surface area (Å²) in [5, 5.41) is 9.57. The van der Waals surface area contributed by atoms with Gasteiger partial charge in [0.15, 0.2) is 0 Å². The quantitative estimate of drug-likeness (QED) is 0.717. The van der Waals surface area contributed by atoms with E-state index in [1.54, 1.807) is 0 Å². The van der Waals surface area contributed by atoms with Crippen molar-refractivity contribution >= 4 is 0 Å². The molecule has 0 spiro atoms. The lowest BCUT2D eigenvalue weighted by molar-refractivity contribution is 0.295. The fourth-order valence-corrected chi connectivity index (χ4v) is 3.32. The minimum absolute atomic E-state index is 0.442. The Morgan fingerprint density at radius 1 is 1.09 bits per heavy atom. The highest BCUT2D eigenvalue weighted by molar-refractivity contribution is 5.38. The molecule has 0 heterocycles. The Kier molecular flexibility index (Phi) is 4.67. The molecule has 0 amide bonds. The van der Waals surface area contributed by atoms with Gasteiger partial charge in [-0.3, -0.25) is 0 Å². The lowest BCUT2D eigenvalue weighted by Gasteiger charge is -2.22. The first-order valence-electron chi connectivity index (χ1n) is 8.43. The topological polar surface area (TPSA) is 33.0 Å². The molecule has 2 aromatic rings. The third kappa shape index (κ3) is 3.56. The number of ether oxygens (including phenoxy) is 1. The standard InChI is InChI=1S/C21H23NO/c1-21(16-22,19-9-3-2-4-10-19)13-6-14-23-20-12-11-17-7-5-8-18(17)15-20/h2-4,9-12,15H,5-8,13-14H2,1H3. The first kappa shape index (κ1) is 15.6. The second-order valence-corrected chi connectivity index (χ2v) is 6.55. The zero-order valence-corrected chi connectivity index (χ0v) is 13.7. The Morgan fingerprint density at radius 2 is 1.87 bits per heavy atom. The monoisotopic (exact) mass is 305 g/mol. The van der Waals surface area contributed by atoms with E-state index in [1.807, 2.05) is 37.3 Å². The van der Waals surface area contributed by atoms with Crippen LogP contribution in [0.5, 0.6) is 5.75 Å². The highest BCUT2D eigenvalue weighted by atomic mass is 16.5. The normalized spacial score (nSPS) is 15.5. The van der Waals surface area contributed by atoms with Crippen LogP contribution >= 0.6 is 0 Å². The third-order valence-corrected chi connectivity index (χ3v) is 4.82. The van der Waals surface area contributed by atoms with Gasteiger partial charge in [0.25, 0.3) is 0 Å². The number of benzene rings is 2. The van der Waals surface area contributed by atoms with E-state index in [0.717, 1.165) is 24.2 Å². The largest absolute Gasteiger partial charge is 0.494 e. The van der Waals surface area contributed by atoms with Crippen molar-refractivity contribution in [2.24, 2.45) is 0 Å². The average Bonchev–Trinajstić information content (AvgIpc) is 3.07. The maximum atomic E-state index is 9.57. The van der Waals surface area contributed by atoms with Gasteiger partial charge < -0.3 is 4.74 Å². The van der Waals surface area contributed by atoms with Crippen molar-refractivity contribution in [3.8, 4) is 11.8 Å². The highest BCUT2D eigenvalue weighted by Gasteiger charge is 2.25. The number of hydrogen-bond acceptors (Lipinski definition) is 2. The van der Waals surface area contributed by atoms with Crippen molar-refractivity contribution < 1.29 is 4.74 Å². The summed E-state index contributed by atoms with van der Waals surface area (Å²) >= 11 is 0. The van der Waals surface area contributed by atoms with E-state index in [2.05, 4.69) is 24.3 Å². The fourth-order valence-electron chi connectivity index (χ4n) is 3.32. The molecule has 1 unspecified atom stereocenters. The first-order valence-corrected chi connectivity index (χ1v) is 8.43. The van der Waals surface area contributed by atoms with Crippen LogP contribution in [0.25, 0.3) is 0 Å². The van der Waals surface area contributed by atoms with Gasteiger partial charge in [-0.2, -0.15) is 5.26 Å². The van der Waals surface area contributed by atoms with Gasteiger partial charge in [-0.05, 0) is 67.9 Å². The fraction of sp³-hybridized carbons (Fsp3) is 0.381. The van der Waals surface area contributed by atoms with Gasteiger partial charge in [0.1, 0.15) is 5.75 Å². The Labute approximate surface area is 138 Å². The average molecular weight is 305 g/mol.